The lowest BCUT2D eigenvalue weighted by Gasteiger charge is -2.34. The molecule has 2 saturated heterocycles. The second-order valence-electron chi connectivity index (χ2n) is 8.36. The summed E-state index contributed by atoms with van der Waals surface area (Å²) in [6.07, 6.45) is 5.04. The lowest BCUT2D eigenvalue weighted by molar-refractivity contribution is 0.166. The highest BCUT2D eigenvalue weighted by atomic mass is 16.4. The van der Waals surface area contributed by atoms with Crippen LogP contribution in [0.3, 0.4) is 0 Å². The van der Waals surface area contributed by atoms with Crippen molar-refractivity contribution in [1.29, 1.82) is 0 Å². The van der Waals surface area contributed by atoms with Crippen molar-refractivity contribution in [1.82, 2.24) is 20.1 Å². The van der Waals surface area contributed by atoms with E-state index >= 15 is 0 Å². The third-order valence-corrected chi connectivity index (χ3v) is 5.93. The number of rotatable bonds is 5. The van der Waals surface area contributed by atoms with Crippen molar-refractivity contribution in [2.24, 2.45) is 16.8 Å². The molecule has 0 spiro atoms. The van der Waals surface area contributed by atoms with Crippen molar-refractivity contribution in [3.8, 4) is 0 Å². The van der Waals surface area contributed by atoms with Gasteiger partial charge in [-0.2, -0.15) is 0 Å². The first-order chi connectivity index (χ1) is 13.0. The predicted octanol–water partition coefficient (Wildman–Crippen LogP) is 3.20. The van der Waals surface area contributed by atoms with Crippen molar-refractivity contribution in [3.05, 3.63) is 17.3 Å². The van der Waals surface area contributed by atoms with Crippen LogP contribution in [0.15, 0.2) is 9.41 Å². The van der Waals surface area contributed by atoms with Gasteiger partial charge in [0, 0.05) is 26.2 Å². The summed E-state index contributed by atoms with van der Waals surface area (Å²) >= 11 is 0. The summed E-state index contributed by atoms with van der Waals surface area (Å²) < 4.78 is 5.74. The molecule has 0 aromatic carbocycles. The van der Waals surface area contributed by atoms with Crippen LogP contribution in [0.25, 0.3) is 0 Å². The van der Waals surface area contributed by atoms with E-state index in [4.69, 9.17) is 9.41 Å². The fourth-order valence-corrected chi connectivity index (χ4v) is 4.15. The van der Waals surface area contributed by atoms with E-state index in [1.165, 1.54) is 25.7 Å². The molecule has 0 saturated carbocycles. The van der Waals surface area contributed by atoms with E-state index in [1.54, 1.807) is 0 Å². The van der Waals surface area contributed by atoms with E-state index in [9.17, 15) is 0 Å². The van der Waals surface area contributed by atoms with Crippen LogP contribution in [0.4, 0.5) is 0 Å². The molecule has 0 bridgehead atoms. The molecule has 2 fully saturated rings. The highest BCUT2D eigenvalue weighted by molar-refractivity contribution is 5.80. The van der Waals surface area contributed by atoms with E-state index in [2.05, 4.69) is 33.9 Å². The third kappa shape index (κ3) is 5.71. The normalized spacial score (nSPS) is 23.0. The Bertz CT molecular complexity index is 599. The molecule has 3 rings (SSSR count). The zero-order valence-electron chi connectivity index (χ0n) is 17.6. The van der Waals surface area contributed by atoms with Gasteiger partial charge in [0.2, 0.25) is 5.89 Å². The molecule has 3 heterocycles. The van der Waals surface area contributed by atoms with Gasteiger partial charge >= 0.3 is 0 Å². The Morgan fingerprint density at radius 1 is 1.22 bits per heavy atom. The second-order valence-corrected chi connectivity index (χ2v) is 8.36. The molecule has 0 amide bonds. The van der Waals surface area contributed by atoms with Gasteiger partial charge in [-0.1, -0.05) is 6.92 Å². The number of nitrogens with zero attached hydrogens (tertiary/aromatic N) is 4. The van der Waals surface area contributed by atoms with Crippen LogP contribution in [0, 0.1) is 25.7 Å². The Kier molecular flexibility index (Phi) is 7.16. The van der Waals surface area contributed by atoms with Gasteiger partial charge in [0.05, 0.1) is 12.2 Å². The van der Waals surface area contributed by atoms with Gasteiger partial charge in [0.25, 0.3) is 0 Å². The predicted molar refractivity (Wildman–Crippen MR) is 110 cm³/mol. The number of likely N-dealkylation sites (tertiary alicyclic amines) is 2. The smallest absolute Gasteiger partial charge is 0.208 e. The molecule has 0 aliphatic carbocycles. The van der Waals surface area contributed by atoms with Crippen molar-refractivity contribution >= 4 is 5.96 Å². The number of guanidine groups is 1. The average molecular weight is 376 g/mol. The van der Waals surface area contributed by atoms with E-state index < -0.39 is 0 Å². The molecule has 2 aliphatic rings. The SMILES string of the molecule is CCNC(=NCC1CCN(Cc2nc(C)c(C)o2)CC1)N1CCCC(C)C1. The minimum Gasteiger partial charge on any atom is -0.444 e. The Labute approximate surface area is 164 Å². The van der Waals surface area contributed by atoms with Crippen LogP contribution in [-0.4, -0.2) is 60.0 Å². The van der Waals surface area contributed by atoms with Crippen LogP contribution < -0.4 is 5.32 Å². The second kappa shape index (κ2) is 9.58. The average Bonchev–Trinajstić information content (AvgIpc) is 2.97. The number of hydrogen-bond donors (Lipinski definition) is 1. The number of aromatic nitrogens is 1. The molecule has 2 aliphatic heterocycles. The first-order valence-electron chi connectivity index (χ1n) is 10.7. The lowest BCUT2D eigenvalue weighted by Crippen LogP contribution is -2.46. The highest BCUT2D eigenvalue weighted by Crippen LogP contribution is 2.21. The van der Waals surface area contributed by atoms with Crippen LogP contribution in [0.1, 0.15) is 56.9 Å². The Morgan fingerprint density at radius 3 is 2.63 bits per heavy atom. The van der Waals surface area contributed by atoms with Crippen LogP contribution >= 0.6 is 0 Å². The summed E-state index contributed by atoms with van der Waals surface area (Å²) in [5, 5.41) is 3.51. The van der Waals surface area contributed by atoms with Crippen molar-refractivity contribution in [3.63, 3.8) is 0 Å². The quantitative estimate of drug-likeness (QED) is 0.633. The summed E-state index contributed by atoms with van der Waals surface area (Å²) in [7, 11) is 0. The summed E-state index contributed by atoms with van der Waals surface area (Å²) in [5.41, 5.74) is 1.01. The molecular weight excluding hydrogens is 338 g/mol. The van der Waals surface area contributed by atoms with Crippen LogP contribution in [-0.2, 0) is 6.54 Å². The molecule has 1 aromatic rings. The molecule has 6 heteroatoms. The maximum absolute atomic E-state index is 5.74. The number of aryl methyl sites for hydroxylation is 2. The number of piperidine rings is 2. The molecule has 152 valence electrons. The van der Waals surface area contributed by atoms with Crippen LogP contribution in [0.2, 0.25) is 0 Å². The minimum absolute atomic E-state index is 0.685. The summed E-state index contributed by atoms with van der Waals surface area (Å²) in [5.74, 6) is 4.38. The molecule has 1 aromatic heterocycles. The van der Waals surface area contributed by atoms with Gasteiger partial charge in [0.15, 0.2) is 5.96 Å². The fourth-order valence-electron chi connectivity index (χ4n) is 4.15. The molecule has 1 unspecified atom stereocenters. The lowest BCUT2D eigenvalue weighted by atomic mass is 9.97. The summed E-state index contributed by atoms with van der Waals surface area (Å²) in [6, 6.07) is 0. The molecule has 0 radical (unpaired) electrons. The van der Waals surface area contributed by atoms with Gasteiger partial charge in [-0.05, 0) is 71.4 Å². The van der Waals surface area contributed by atoms with E-state index in [1.807, 2.05) is 13.8 Å². The van der Waals surface area contributed by atoms with Crippen molar-refractivity contribution in [2.45, 2.75) is 59.9 Å². The summed E-state index contributed by atoms with van der Waals surface area (Å²) in [6.45, 7) is 15.7. The Balaban J connectivity index is 1.47. The monoisotopic (exact) mass is 375 g/mol. The number of aliphatic imine (C=N–C) groups is 1. The van der Waals surface area contributed by atoms with E-state index in [0.29, 0.717) is 5.92 Å². The van der Waals surface area contributed by atoms with E-state index in [-0.39, 0.29) is 0 Å². The zero-order valence-corrected chi connectivity index (χ0v) is 17.6. The van der Waals surface area contributed by atoms with Gasteiger partial charge in [0.1, 0.15) is 5.76 Å². The molecule has 6 nitrogen and oxygen atoms in total. The van der Waals surface area contributed by atoms with Gasteiger partial charge in [-0.25, -0.2) is 4.98 Å². The molecule has 27 heavy (non-hydrogen) atoms. The minimum atomic E-state index is 0.685. The first kappa shape index (κ1) is 20.2. The Morgan fingerprint density at radius 2 is 2.00 bits per heavy atom. The topological polar surface area (TPSA) is 56.9 Å². The number of oxazole rings is 1. The number of nitrogens with one attached hydrogen (secondary N) is 1. The van der Waals surface area contributed by atoms with Gasteiger partial charge < -0.3 is 14.6 Å². The standard InChI is InChI=1S/C21H37N5O/c1-5-22-21(26-10-6-7-16(2)14-26)23-13-19-8-11-25(12-9-19)15-20-24-17(3)18(4)27-20/h16,19H,5-15H2,1-4H3,(H,22,23). The van der Waals surface area contributed by atoms with Crippen molar-refractivity contribution < 1.29 is 4.42 Å². The molecule has 1 atom stereocenters. The Hall–Kier alpha value is -1.56. The summed E-state index contributed by atoms with van der Waals surface area (Å²) in [4.78, 5) is 14.4. The molecular formula is C21H37N5O. The highest BCUT2D eigenvalue weighted by Gasteiger charge is 2.22. The number of hydrogen-bond acceptors (Lipinski definition) is 4. The van der Waals surface area contributed by atoms with Crippen LogP contribution in [0.5, 0.6) is 0 Å². The maximum Gasteiger partial charge on any atom is 0.208 e. The third-order valence-electron chi connectivity index (χ3n) is 5.93. The molecule has 1 N–H and O–H groups in total. The van der Waals surface area contributed by atoms with E-state index in [0.717, 1.165) is 75.0 Å². The van der Waals surface area contributed by atoms with Crippen molar-refractivity contribution in [2.75, 3.05) is 39.3 Å². The first-order valence-corrected chi connectivity index (χ1v) is 10.7. The maximum atomic E-state index is 5.74. The zero-order chi connectivity index (χ0) is 19.2. The largest absolute Gasteiger partial charge is 0.444 e. The van der Waals surface area contributed by atoms with Gasteiger partial charge in [-0.15, -0.1) is 0 Å². The van der Waals surface area contributed by atoms with Gasteiger partial charge in [-0.3, -0.25) is 9.89 Å². The fraction of sp³-hybridized carbons (Fsp3) is 0.810.